The maximum atomic E-state index is 9.17. The molecule has 1 aliphatic rings. The van der Waals surface area contributed by atoms with Crippen molar-refractivity contribution in [2.24, 2.45) is 0 Å². The van der Waals surface area contributed by atoms with Crippen LogP contribution in [0.1, 0.15) is 31.2 Å². The topological polar surface area (TPSA) is 56.5 Å². The molecule has 1 aromatic carbocycles. The molecule has 108 valence electrons. The summed E-state index contributed by atoms with van der Waals surface area (Å²) in [4.78, 5) is 2.31. The Kier molecular flexibility index (Phi) is 5.85. The van der Waals surface area contributed by atoms with Crippen molar-refractivity contribution in [1.82, 2.24) is 4.90 Å². The van der Waals surface area contributed by atoms with Gasteiger partial charge in [-0.2, -0.15) is 5.26 Å². The molecule has 2 rings (SSSR count). The molecule has 0 aliphatic heterocycles. The van der Waals surface area contributed by atoms with E-state index >= 15 is 0 Å². The van der Waals surface area contributed by atoms with E-state index in [1.54, 1.807) is 6.07 Å². The van der Waals surface area contributed by atoms with Gasteiger partial charge in [0.05, 0.1) is 12.2 Å². The molecule has 0 amide bonds. The molecule has 0 unspecified atom stereocenters. The molecule has 1 aromatic rings. The van der Waals surface area contributed by atoms with Crippen molar-refractivity contribution in [1.29, 1.82) is 5.26 Å². The molecule has 0 aromatic heterocycles. The van der Waals surface area contributed by atoms with Crippen LogP contribution in [0.15, 0.2) is 24.3 Å². The monoisotopic (exact) mass is 274 g/mol. The van der Waals surface area contributed by atoms with E-state index in [1.807, 2.05) is 18.2 Å². The quantitative estimate of drug-likeness (QED) is 0.828. The first kappa shape index (κ1) is 14.8. The van der Waals surface area contributed by atoms with Gasteiger partial charge in [0.2, 0.25) is 0 Å². The van der Waals surface area contributed by atoms with Gasteiger partial charge in [0.15, 0.2) is 0 Å². The van der Waals surface area contributed by atoms with Crippen LogP contribution in [-0.2, 0) is 0 Å². The predicted octanol–water partition coefficient (Wildman–Crippen LogP) is 2.17. The van der Waals surface area contributed by atoms with Crippen LogP contribution >= 0.6 is 0 Å². The van der Waals surface area contributed by atoms with Crippen LogP contribution in [0.2, 0.25) is 0 Å². The van der Waals surface area contributed by atoms with E-state index in [-0.39, 0.29) is 6.61 Å². The van der Waals surface area contributed by atoms with Crippen molar-refractivity contribution in [3.63, 3.8) is 0 Å². The van der Waals surface area contributed by atoms with Gasteiger partial charge in [0.25, 0.3) is 0 Å². The second kappa shape index (κ2) is 7.88. The molecule has 4 heteroatoms. The molecular weight excluding hydrogens is 252 g/mol. The van der Waals surface area contributed by atoms with Gasteiger partial charge in [0.1, 0.15) is 18.4 Å². The van der Waals surface area contributed by atoms with Crippen LogP contribution in [0.5, 0.6) is 5.75 Å². The Hall–Kier alpha value is -1.57. The zero-order chi connectivity index (χ0) is 14.2. The Bertz CT molecular complexity index is 450. The fourth-order valence-electron chi connectivity index (χ4n) is 2.83. The number of aliphatic hydroxyl groups is 1. The summed E-state index contributed by atoms with van der Waals surface area (Å²) in [5.74, 6) is 0.644. The van der Waals surface area contributed by atoms with Gasteiger partial charge in [-0.25, -0.2) is 0 Å². The molecular formula is C16H22N2O2. The van der Waals surface area contributed by atoms with Gasteiger partial charge in [-0.3, -0.25) is 4.90 Å². The standard InChI is InChI=1S/C16H22N2O2/c17-13-14-5-1-4-8-16(14)20-12-10-18(9-11-19)15-6-2-3-7-15/h1,4-5,8,15,19H,2-3,6-7,9-12H2. The molecule has 0 radical (unpaired) electrons. The van der Waals surface area contributed by atoms with Gasteiger partial charge in [0, 0.05) is 19.1 Å². The van der Waals surface area contributed by atoms with E-state index in [2.05, 4.69) is 11.0 Å². The first-order valence-electron chi connectivity index (χ1n) is 7.32. The molecule has 0 bridgehead atoms. The highest BCUT2D eigenvalue weighted by atomic mass is 16.5. The summed E-state index contributed by atoms with van der Waals surface area (Å²) in [5, 5.41) is 18.2. The fourth-order valence-corrected chi connectivity index (χ4v) is 2.83. The van der Waals surface area contributed by atoms with Crippen LogP contribution in [0.4, 0.5) is 0 Å². The Morgan fingerprint density at radius 1 is 1.25 bits per heavy atom. The highest BCUT2D eigenvalue weighted by Gasteiger charge is 2.21. The van der Waals surface area contributed by atoms with E-state index in [0.717, 1.165) is 6.54 Å². The fraction of sp³-hybridized carbons (Fsp3) is 0.562. The highest BCUT2D eigenvalue weighted by molar-refractivity contribution is 5.42. The molecule has 0 saturated heterocycles. The summed E-state index contributed by atoms with van der Waals surface area (Å²) >= 11 is 0. The summed E-state index contributed by atoms with van der Waals surface area (Å²) in [6, 6.07) is 10.0. The van der Waals surface area contributed by atoms with Gasteiger partial charge >= 0.3 is 0 Å². The lowest BCUT2D eigenvalue weighted by Crippen LogP contribution is -2.38. The zero-order valence-electron chi connectivity index (χ0n) is 11.8. The van der Waals surface area contributed by atoms with Crippen LogP contribution in [0.25, 0.3) is 0 Å². The maximum absolute atomic E-state index is 9.17. The largest absolute Gasteiger partial charge is 0.491 e. The minimum absolute atomic E-state index is 0.186. The lowest BCUT2D eigenvalue weighted by atomic mass is 10.2. The van der Waals surface area contributed by atoms with Crippen molar-refractivity contribution < 1.29 is 9.84 Å². The van der Waals surface area contributed by atoms with E-state index in [9.17, 15) is 5.11 Å². The summed E-state index contributed by atoms with van der Waals surface area (Å²) in [6.07, 6.45) is 5.00. The number of ether oxygens (including phenoxy) is 1. The average molecular weight is 274 g/mol. The molecule has 1 fully saturated rings. The average Bonchev–Trinajstić information content (AvgIpc) is 3.01. The van der Waals surface area contributed by atoms with Crippen molar-refractivity contribution in [2.45, 2.75) is 31.7 Å². The molecule has 1 N–H and O–H groups in total. The lowest BCUT2D eigenvalue weighted by molar-refractivity contribution is 0.129. The molecule has 1 saturated carbocycles. The Balaban J connectivity index is 1.85. The van der Waals surface area contributed by atoms with Crippen molar-refractivity contribution in [3.8, 4) is 11.8 Å². The Morgan fingerprint density at radius 3 is 2.70 bits per heavy atom. The predicted molar refractivity (Wildman–Crippen MR) is 77.6 cm³/mol. The van der Waals surface area contributed by atoms with Gasteiger partial charge in [-0.1, -0.05) is 25.0 Å². The third-order valence-electron chi connectivity index (χ3n) is 3.87. The number of hydrogen-bond donors (Lipinski definition) is 1. The summed E-state index contributed by atoms with van der Waals surface area (Å²) in [6.45, 7) is 2.24. The van der Waals surface area contributed by atoms with Crippen LogP contribution < -0.4 is 4.74 Å². The molecule has 1 aliphatic carbocycles. The number of aliphatic hydroxyl groups excluding tert-OH is 1. The smallest absolute Gasteiger partial charge is 0.137 e. The Labute approximate surface area is 120 Å². The van der Waals surface area contributed by atoms with Crippen LogP contribution in [0.3, 0.4) is 0 Å². The second-order valence-corrected chi connectivity index (χ2v) is 5.15. The van der Waals surface area contributed by atoms with E-state index in [0.29, 0.717) is 30.5 Å². The highest BCUT2D eigenvalue weighted by Crippen LogP contribution is 2.23. The summed E-state index contributed by atoms with van der Waals surface area (Å²) < 4.78 is 5.72. The van der Waals surface area contributed by atoms with E-state index in [4.69, 9.17) is 10.00 Å². The number of para-hydroxylation sites is 1. The third kappa shape index (κ3) is 3.96. The van der Waals surface area contributed by atoms with Gasteiger partial charge in [-0.15, -0.1) is 0 Å². The van der Waals surface area contributed by atoms with E-state index < -0.39 is 0 Å². The first-order valence-corrected chi connectivity index (χ1v) is 7.32. The van der Waals surface area contributed by atoms with Crippen LogP contribution in [0, 0.1) is 11.3 Å². The second-order valence-electron chi connectivity index (χ2n) is 5.15. The lowest BCUT2D eigenvalue weighted by Gasteiger charge is -2.27. The van der Waals surface area contributed by atoms with Crippen molar-refractivity contribution >= 4 is 0 Å². The van der Waals surface area contributed by atoms with Crippen molar-refractivity contribution in [2.75, 3.05) is 26.3 Å². The zero-order valence-corrected chi connectivity index (χ0v) is 11.8. The molecule has 0 atom stereocenters. The number of hydrogen-bond acceptors (Lipinski definition) is 4. The summed E-state index contributed by atoms with van der Waals surface area (Å²) in [5.41, 5.74) is 0.571. The first-order chi connectivity index (χ1) is 9.85. The number of rotatable bonds is 7. The van der Waals surface area contributed by atoms with Crippen LogP contribution in [-0.4, -0.2) is 42.4 Å². The number of benzene rings is 1. The normalized spacial score (nSPS) is 15.4. The van der Waals surface area contributed by atoms with Gasteiger partial charge in [-0.05, 0) is 25.0 Å². The Morgan fingerprint density at radius 2 is 2.00 bits per heavy atom. The summed E-state index contributed by atoms with van der Waals surface area (Å²) in [7, 11) is 0. The minimum atomic E-state index is 0.186. The van der Waals surface area contributed by atoms with Crippen molar-refractivity contribution in [3.05, 3.63) is 29.8 Å². The minimum Gasteiger partial charge on any atom is -0.491 e. The molecule has 4 nitrogen and oxygen atoms in total. The SMILES string of the molecule is N#Cc1ccccc1OCCN(CCO)C1CCCC1. The number of nitrogens with zero attached hydrogens (tertiary/aromatic N) is 2. The molecule has 0 spiro atoms. The van der Waals surface area contributed by atoms with Gasteiger partial charge < -0.3 is 9.84 Å². The molecule has 20 heavy (non-hydrogen) atoms. The number of nitriles is 1. The van der Waals surface area contributed by atoms with E-state index in [1.165, 1.54) is 25.7 Å². The maximum Gasteiger partial charge on any atom is 0.137 e. The third-order valence-corrected chi connectivity index (χ3v) is 3.87. The molecule has 0 heterocycles.